The van der Waals surface area contributed by atoms with Gasteiger partial charge in [-0.15, -0.1) is 5.10 Å². The van der Waals surface area contributed by atoms with Gasteiger partial charge in [0.05, 0.1) is 29.9 Å². The number of hydrogen-bond acceptors (Lipinski definition) is 6. The number of rotatable bonds is 5. The van der Waals surface area contributed by atoms with E-state index in [4.69, 9.17) is 4.74 Å². The molecule has 2 amide bonds. The number of anilines is 2. The van der Waals surface area contributed by atoms with Crippen molar-refractivity contribution in [1.82, 2.24) is 25.2 Å². The van der Waals surface area contributed by atoms with Crippen LogP contribution in [0.2, 0.25) is 0 Å². The summed E-state index contributed by atoms with van der Waals surface area (Å²) in [5.41, 5.74) is 2.12. The van der Waals surface area contributed by atoms with Crippen molar-refractivity contribution < 1.29 is 14.3 Å². The maximum atomic E-state index is 12.0. The Labute approximate surface area is 126 Å². The molecule has 0 fully saturated rings. The Morgan fingerprint density at radius 1 is 1.36 bits per heavy atom. The van der Waals surface area contributed by atoms with E-state index in [1.54, 1.807) is 13.8 Å². The van der Waals surface area contributed by atoms with Crippen molar-refractivity contribution in [3.8, 4) is 0 Å². The Kier molecular flexibility index (Phi) is 4.71. The topological polar surface area (TPSA) is 127 Å². The molecule has 2 aromatic rings. The number of nitrogens with zero attached hydrogens (tertiary/aromatic N) is 4. The molecule has 0 radical (unpaired) electrons. The van der Waals surface area contributed by atoms with Crippen LogP contribution in [0.15, 0.2) is 6.20 Å². The molecule has 2 aromatic heterocycles. The van der Waals surface area contributed by atoms with E-state index in [2.05, 4.69) is 31.1 Å². The Bertz CT molecular complexity index is 657. The van der Waals surface area contributed by atoms with Crippen LogP contribution >= 0.6 is 0 Å². The van der Waals surface area contributed by atoms with Gasteiger partial charge in [0.1, 0.15) is 6.54 Å². The second kappa shape index (κ2) is 6.70. The molecule has 0 unspecified atom stereocenters. The van der Waals surface area contributed by atoms with Crippen LogP contribution in [0, 0.1) is 13.8 Å². The summed E-state index contributed by atoms with van der Waals surface area (Å²) >= 11 is 0. The van der Waals surface area contributed by atoms with Crippen LogP contribution in [-0.2, 0) is 16.1 Å². The number of nitrogens with one attached hydrogen (secondary N) is 3. The van der Waals surface area contributed by atoms with Gasteiger partial charge in [0.15, 0.2) is 5.82 Å². The summed E-state index contributed by atoms with van der Waals surface area (Å²) in [6.45, 7) is 5.51. The van der Waals surface area contributed by atoms with Crippen molar-refractivity contribution in [2.24, 2.45) is 0 Å². The lowest BCUT2D eigenvalue weighted by atomic mass is 10.3. The molecular formula is C12H17N7O3. The summed E-state index contributed by atoms with van der Waals surface area (Å²) in [7, 11) is 0. The Hall–Kier alpha value is -2.91. The second-order valence-corrected chi connectivity index (χ2v) is 4.50. The monoisotopic (exact) mass is 307 g/mol. The van der Waals surface area contributed by atoms with Crippen LogP contribution in [-0.4, -0.2) is 43.8 Å². The molecule has 0 aliphatic carbocycles. The molecule has 22 heavy (non-hydrogen) atoms. The molecule has 10 nitrogen and oxygen atoms in total. The van der Waals surface area contributed by atoms with Crippen molar-refractivity contribution in [3.63, 3.8) is 0 Å². The highest BCUT2D eigenvalue weighted by molar-refractivity contribution is 5.91. The predicted octanol–water partition coefficient (Wildman–Crippen LogP) is 0.825. The van der Waals surface area contributed by atoms with E-state index in [0.717, 1.165) is 5.69 Å². The van der Waals surface area contributed by atoms with E-state index in [0.29, 0.717) is 11.4 Å². The quantitative estimate of drug-likeness (QED) is 0.750. The van der Waals surface area contributed by atoms with Crippen LogP contribution in [0.25, 0.3) is 0 Å². The first kappa shape index (κ1) is 15.5. The maximum absolute atomic E-state index is 12.0. The predicted molar refractivity (Wildman–Crippen MR) is 77.4 cm³/mol. The smallest absolute Gasteiger partial charge is 0.412 e. The molecule has 0 aliphatic heterocycles. The second-order valence-electron chi connectivity index (χ2n) is 4.50. The zero-order valence-corrected chi connectivity index (χ0v) is 12.5. The lowest BCUT2D eigenvalue weighted by molar-refractivity contribution is -0.116. The van der Waals surface area contributed by atoms with Gasteiger partial charge < -0.3 is 10.1 Å². The fourth-order valence-electron chi connectivity index (χ4n) is 1.77. The van der Waals surface area contributed by atoms with Crippen molar-refractivity contribution in [1.29, 1.82) is 0 Å². The standard InChI is InChI=1S/C12H17N7O3/c1-4-22-12(21)13-9-5-19(18-17-9)6-10(20)14-11-7(2)15-16-8(11)3/h5H,4,6H2,1-3H3,(H,13,21)(H,14,20)(H,15,16). The number of carbonyl (C=O) groups is 2. The average Bonchev–Trinajstić information content (AvgIpc) is 3.00. The summed E-state index contributed by atoms with van der Waals surface area (Å²) in [5.74, 6) is -0.0675. The van der Waals surface area contributed by atoms with E-state index >= 15 is 0 Å². The van der Waals surface area contributed by atoms with E-state index in [1.807, 2.05) is 6.92 Å². The third kappa shape index (κ3) is 3.81. The normalized spacial score (nSPS) is 10.3. The van der Waals surface area contributed by atoms with Gasteiger partial charge in [-0.05, 0) is 20.8 Å². The summed E-state index contributed by atoms with van der Waals surface area (Å²) in [4.78, 5) is 23.2. The summed E-state index contributed by atoms with van der Waals surface area (Å²) < 4.78 is 6.02. The minimum Gasteiger partial charge on any atom is -0.450 e. The molecule has 10 heteroatoms. The number of aromatic amines is 1. The van der Waals surface area contributed by atoms with Gasteiger partial charge in [-0.2, -0.15) is 5.10 Å². The SMILES string of the molecule is CCOC(=O)Nc1cn(CC(=O)Nc2c(C)n[nH]c2C)nn1. The molecule has 118 valence electrons. The highest BCUT2D eigenvalue weighted by Crippen LogP contribution is 2.15. The number of aryl methyl sites for hydroxylation is 2. The summed E-state index contributed by atoms with van der Waals surface area (Å²) in [6, 6.07) is 0. The molecule has 0 saturated heterocycles. The van der Waals surface area contributed by atoms with Crippen molar-refractivity contribution >= 4 is 23.5 Å². The van der Waals surface area contributed by atoms with E-state index < -0.39 is 6.09 Å². The maximum Gasteiger partial charge on any atom is 0.412 e. The van der Waals surface area contributed by atoms with E-state index in [9.17, 15) is 9.59 Å². The van der Waals surface area contributed by atoms with Crippen molar-refractivity contribution in [2.45, 2.75) is 27.3 Å². The zero-order valence-electron chi connectivity index (χ0n) is 12.5. The first-order chi connectivity index (χ1) is 10.5. The van der Waals surface area contributed by atoms with Crippen molar-refractivity contribution in [3.05, 3.63) is 17.6 Å². The number of carbonyl (C=O) groups excluding carboxylic acids is 2. The third-order valence-corrected chi connectivity index (χ3v) is 2.74. The molecule has 0 spiro atoms. The molecule has 0 aromatic carbocycles. The van der Waals surface area contributed by atoms with Gasteiger partial charge in [0.25, 0.3) is 0 Å². The number of H-pyrrole nitrogens is 1. The first-order valence-corrected chi connectivity index (χ1v) is 6.65. The van der Waals surface area contributed by atoms with Gasteiger partial charge in [-0.25, -0.2) is 9.48 Å². The molecule has 3 N–H and O–H groups in total. The lowest BCUT2D eigenvalue weighted by Crippen LogP contribution is -2.19. The number of amides is 2. The van der Waals surface area contributed by atoms with E-state index in [-0.39, 0.29) is 24.9 Å². The fourth-order valence-corrected chi connectivity index (χ4v) is 1.77. The van der Waals surface area contributed by atoms with Crippen LogP contribution in [0.1, 0.15) is 18.3 Å². The van der Waals surface area contributed by atoms with Crippen LogP contribution in [0.5, 0.6) is 0 Å². The van der Waals surface area contributed by atoms with Gasteiger partial charge in [0.2, 0.25) is 5.91 Å². The average molecular weight is 307 g/mol. The number of ether oxygens (including phenoxy) is 1. The molecule has 2 heterocycles. The Morgan fingerprint density at radius 3 is 2.77 bits per heavy atom. The molecule has 0 saturated carbocycles. The number of hydrogen-bond donors (Lipinski definition) is 3. The lowest BCUT2D eigenvalue weighted by Gasteiger charge is -2.04. The largest absolute Gasteiger partial charge is 0.450 e. The molecule has 0 atom stereocenters. The van der Waals surface area contributed by atoms with Gasteiger partial charge in [-0.1, -0.05) is 5.21 Å². The summed E-state index contributed by atoms with van der Waals surface area (Å²) in [5, 5.41) is 19.4. The van der Waals surface area contributed by atoms with E-state index in [1.165, 1.54) is 10.9 Å². The number of aromatic nitrogens is 5. The van der Waals surface area contributed by atoms with Crippen molar-refractivity contribution in [2.75, 3.05) is 17.2 Å². The molecular weight excluding hydrogens is 290 g/mol. The fraction of sp³-hybridized carbons (Fsp3) is 0.417. The van der Waals surface area contributed by atoms with Gasteiger partial charge in [0, 0.05) is 0 Å². The minimum atomic E-state index is -0.622. The highest BCUT2D eigenvalue weighted by Gasteiger charge is 2.12. The summed E-state index contributed by atoms with van der Waals surface area (Å²) in [6.07, 6.45) is 0.814. The van der Waals surface area contributed by atoms with Crippen LogP contribution < -0.4 is 10.6 Å². The molecule has 0 aliphatic rings. The van der Waals surface area contributed by atoms with Crippen LogP contribution in [0.3, 0.4) is 0 Å². The third-order valence-electron chi connectivity index (χ3n) is 2.74. The highest BCUT2D eigenvalue weighted by atomic mass is 16.5. The Balaban J connectivity index is 1.92. The van der Waals surface area contributed by atoms with Gasteiger partial charge >= 0.3 is 6.09 Å². The zero-order chi connectivity index (χ0) is 16.1. The van der Waals surface area contributed by atoms with Gasteiger partial charge in [-0.3, -0.25) is 15.2 Å². The minimum absolute atomic E-state index is 0.0401. The Morgan fingerprint density at radius 2 is 2.14 bits per heavy atom. The molecule has 2 rings (SSSR count). The van der Waals surface area contributed by atoms with Crippen LogP contribution in [0.4, 0.5) is 16.3 Å². The molecule has 0 bridgehead atoms. The first-order valence-electron chi connectivity index (χ1n) is 6.65.